The average molecular weight is 1060 g/mol. The molecule has 4 aromatic heterocycles. The minimum Gasteiger partial charge on any atom is -0.467 e. The number of anilines is 12. The maximum absolute atomic E-state index is 6.42. The highest BCUT2D eigenvalue weighted by atomic mass is 16.3. The molecule has 0 aliphatic rings. The van der Waals surface area contributed by atoms with E-state index in [1.165, 1.54) is 0 Å². The predicted octanol–water partition coefficient (Wildman–Crippen LogP) is 21.8. The maximum Gasteiger partial charge on any atom is 0.124 e. The molecule has 0 unspecified atom stereocenters. The van der Waals surface area contributed by atoms with Gasteiger partial charge in [-0.3, -0.25) is 0 Å². The van der Waals surface area contributed by atoms with Gasteiger partial charge in [-0.2, -0.15) is 0 Å². The summed E-state index contributed by atoms with van der Waals surface area (Å²) in [6.45, 7) is 34.8. The van der Waals surface area contributed by atoms with Gasteiger partial charge >= 0.3 is 0 Å². The number of benzene rings is 8. The molecule has 8 aromatic carbocycles. The van der Waals surface area contributed by atoms with Gasteiger partial charge in [-0.25, -0.2) is 0 Å². The molecule has 0 atom stereocenters. The molecule has 8 nitrogen and oxygen atoms in total. The molecule has 0 bridgehead atoms. The molecule has 0 radical (unpaired) electrons. The van der Waals surface area contributed by atoms with Crippen LogP contribution in [0.25, 0.3) is 32.3 Å². The quantitative estimate of drug-likeness (QED) is 0.112. The van der Waals surface area contributed by atoms with Gasteiger partial charge in [-0.15, -0.1) is 0 Å². The lowest BCUT2D eigenvalue weighted by Gasteiger charge is -2.36. The Labute approximate surface area is 470 Å². The van der Waals surface area contributed by atoms with E-state index >= 15 is 0 Å². The number of furan rings is 4. The fraction of sp³-hybridized carbons (Fsp3) is 0.222. The van der Waals surface area contributed by atoms with Crippen molar-refractivity contribution in [1.82, 2.24) is 0 Å². The van der Waals surface area contributed by atoms with Gasteiger partial charge in [-0.05, 0) is 167 Å². The SMILES string of the molecule is Cc1cccc(C)c1N(c1c(C)coc1C)c1cc(N(c2c(C)cccc2C)c2c(C)coc2C)c2ccc3c(N(c4c(C)cccc4C)c4c(C)coc4C)cc(N(c4c(C)cccc4C)c4c(C)coc4C)c4ccc1c2c43. The largest absolute Gasteiger partial charge is 0.467 e. The van der Waals surface area contributed by atoms with E-state index in [9.17, 15) is 0 Å². The molecule has 8 heteroatoms. The second kappa shape index (κ2) is 19.5. The standard InChI is InChI=1S/C72H70N4O4/c1-39-21-17-22-40(2)65(39)73(69-47(9)35-77-51(69)13)59-33-60(74(70-48(10)36-78-52(70)14)66-41(3)23-18-24-42(66)4)56-31-32-58-62(76(72-50(12)38-80-54(72)16)68-45(7)27-20-28-46(68)8)34-61(57-30-29-55(59)63(56)64(57)58)75(71-49(11)37-79-53(71)15)67-43(5)25-19-26-44(67)6/h17-38H,1-16H3. The van der Waals surface area contributed by atoms with E-state index in [-0.39, 0.29) is 0 Å². The first-order valence-corrected chi connectivity index (χ1v) is 27.8. The van der Waals surface area contributed by atoms with Crippen LogP contribution in [0.1, 0.15) is 89.8 Å². The van der Waals surface area contributed by atoms with Gasteiger partial charge in [0.25, 0.3) is 0 Å². The van der Waals surface area contributed by atoms with Crippen LogP contribution in [0.5, 0.6) is 0 Å². The summed E-state index contributed by atoms with van der Waals surface area (Å²) in [5.74, 6) is 3.33. The van der Waals surface area contributed by atoms with E-state index in [1.54, 1.807) is 0 Å². The van der Waals surface area contributed by atoms with Crippen molar-refractivity contribution in [3.8, 4) is 0 Å². The molecule has 80 heavy (non-hydrogen) atoms. The molecule has 0 N–H and O–H groups in total. The third kappa shape index (κ3) is 7.93. The first kappa shape index (κ1) is 51.9. The fourth-order valence-corrected chi connectivity index (χ4v) is 13.3. The van der Waals surface area contributed by atoms with E-state index in [1.807, 2.05) is 25.1 Å². The Morgan fingerprint density at radius 3 is 0.575 bits per heavy atom. The molecule has 4 heterocycles. The highest BCUT2D eigenvalue weighted by molar-refractivity contribution is 6.33. The van der Waals surface area contributed by atoms with Crippen LogP contribution in [0.15, 0.2) is 152 Å². The fourth-order valence-electron chi connectivity index (χ4n) is 13.3. The van der Waals surface area contributed by atoms with Gasteiger partial charge in [0.05, 0.1) is 93.3 Å². The number of aryl methyl sites for hydroxylation is 16. The Morgan fingerprint density at radius 1 is 0.225 bits per heavy atom. The average Bonchev–Trinajstić information content (AvgIpc) is 2.07. The van der Waals surface area contributed by atoms with Crippen molar-refractivity contribution >= 4 is 101 Å². The van der Waals surface area contributed by atoms with Crippen molar-refractivity contribution in [2.75, 3.05) is 19.6 Å². The highest BCUT2D eigenvalue weighted by Crippen LogP contribution is 2.58. The van der Waals surface area contributed by atoms with Gasteiger partial charge in [0.15, 0.2) is 0 Å². The summed E-state index contributed by atoms with van der Waals surface area (Å²) >= 11 is 0. The Morgan fingerprint density at radius 2 is 0.412 bits per heavy atom. The molecule has 402 valence electrons. The first-order valence-electron chi connectivity index (χ1n) is 27.8. The van der Waals surface area contributed by atoms with Crippen LogP contribution in [-0.2, 0) is 0 Å². The molecule has 0 amide bonds. The third-order valence-electron chi connectivity index (χ3n) is 16.8. The zero-order chi connectivity index (χ0) is 56.3. The lowest BCUT2D eigenvalue weighted by atomic mass is 9.88. The molecule has 12 aromatic rings. The molecular weight excluding hydrogens is 985 g/mol. The summed E-state index contributed by atoms with van der Waals surface area (Å²) in [6, 6.07) is 40.8. The lowest BCUT2D eigenvalue weighted by molar-refractivity contribution is 0.533. The van der Waals surface area contributed by atoms with Crippen LogP contribution in [0.4, 0.5) is 68.2 Å². The Balaban J connectivity index is 1.37. The smallest absolute Gasteiger partial charge is 0.124 e. The minimum absolute atomic E-state index is 0.834. The van der Waals surface area contributed by atoms with Gasteiger partial charge in [0, 0.05) is 54.6 Å². The van der Waals surface area contributed by atoms with Gasteiger partial charge in [-0.1, -0.05) is 97.1 Å². The summed E-state index contributed by atoms with van der Waals surface area (Å²) in [6.07, 6.45) is 7.58. The van der Waals surface area contributed by atoms with Gasteiger partial charge < -0.3 is 37.3 Å². The van der Waals surface area contributed by atoms with E-state index in [2.05, 4.69) is 240 Å². The van der Waals surface area contributed by atoms with Crippen molar-refractivity contribution in [2.24, 2.45) is 0 Å². The number of nitrogens with zero attached hydrogens (tertiary/aromatic N) is 4. The monoisotopic (exact) mass is 1050 g/mol. The van der Waals surface area contributed by atoms with Crippen molar-refractivity contribution in [2.45, 2.75) is 111 Å². The lowest BCUT2D eigenvalue weighted by Crippen LogP contribution is -2.19. The molecule has 0 fully saturated rings. The molecule has 0 spiro atoms. The molecular formula is C72H70N4O4. The summed E-state index contributed by atoms with van der Waals surface area (Å²) in [4.78, 5) is 9.93. The van der Waals surface area contributed by atoms with E-state index in [0.29, 0.717) is 0 Å². The van der Waals surface area contributed by atoms with Crippen molar-refractivity contribution in [3.05, 3.63) is 224 Å². The summed E-state index contributed by atoms with van der Waals surface area (Å²) in [7, 11) is 0. The Hall–Kier alpha value is -8.88. The molecule has 0 saturated carbocycles. The second-order valence-electron chi connectivity index (χ2n) is 22.5. The number of hydrogen-bond donors (Lipinski definition) is 0. The van der Waals surface area contributed by atoms with E-state index in [4.69, 9.17) is 17.7 Å². The topological polar surface area (TPSA) is 65.5 Å². The van der Waals surface area contributed by atoms with Crippen molar-refractivity contribution < 1.29 is 17.7 Å². The number of para-hydroxylation sites is 4. The van der Waals surface area contributed by atoms with Crippen LogP contribution in [0, 0.1) is 111 Å². The van der Waals surface area contributed by atoms with Crippen LogP contribution < -0.4 is 19.6 Å². The summed E-state index contributed by atoms with van der Waals surface area (Å²) in [5, 5.41) is 6.64. The predicted molar refractivity (Wildman–Crippen MR) is 334 cm³/mol. The van der Waals surface area contributed by atoms with E-state index in [0.717, 1.165) is 190 Å². The number of hydrogen-bond acceptors (Lipinski definition) is 8. The number of rotatable bonds is 12. The molecule has 0 saturated heterocycles. The summed E-state index contributed by atoms with van der Waals surface area (Å²) in [5.41, 5.74) is 26.0. The zero-order valence-electron chi connectivity index (χ0n) is 49.1. The maximum atomic E-state index is 6.42. The molecule has 0 aliphatic carbocycles. The Bertz CT molecular complexity index is 3710. The van der Waals surface area contributed by atoms with Crippen LogP contribution in [0.3, 0.4) is 0 Å². The highest BCUT2D eigenvalue weighted by Gasteiger charge is 2.35. The van der Waals surface area contributed by atoms with Gasteiger partial charge in [0.1, 0.15) is 23.0 Å². The van der Waals surface area contributed by atoms with Crippen LogP contribution in [-0.4, -0.2) is 0 Å². The van der Waals surface area contributed by atoms with Crippen LogP contribution in [0.2, 0.25) is 0 Å². The molecule has 0 aliphatic heterocycles. The normalized spacial score (nSPS) is 11.8. The zero-order valence-corrected chi connectivity index (χ0v) is 49.1. The first-order chi connectivity index (χ1) is 38.4. The van der Waals surface area contributed by atoms with Gasteiger partial charge in [0.2, 0.25) is 0 Å². The third-order valence-corrected chi connectivity index (χ3v) is 16.8. The van der Waals surface area contributed by atoms with Crippen molar-refractivity contribution in [3.63, 3.8) is 0 Å². The van der Waals surface area contributed by atoms with Crippen molar-refractivity contribution in [1.29, 1.82) is 0 Å². The minimum atomic E-state index is 0.834. The summed E-state index contributed by atoms with van der Waals surface area (Å²) < 4.78 is 25.7. The Kier molecular flexibility index (Phi) is 12.6. The van der Waals surface area contributed by atoms with E-state index < -0.39 is 0 Å². The second-order valence-corrected chi connectivity index (χ2v) is 22.5. The molecule has 12 rings (SSSR count). The van der Waals surface area contributed by atoms with Crippen LogP contribution >= 0.6 is 0 Å².